The first-order chi connectivity index (χ1) is 4.29. The molecule has 0 saturated carbocycles. The van der Waals surface area contributed by atoms with Gasteiger partial charge in [-0.25, -0.2) is 0 Å². The Hall–Kier alpha value is -0.370. The Kier molecular flexibility index (Phi) is 2.22. The lowest BCUT2D eigenvalue weighted by molar-refractivity contribution is 0.530. The van der Waals surface area contributed by atoms with Crippen molar-refractivity contribution in [2.75, 3.05) is 12.5 Å². The Labute approximate surface area is 58.4 Å². The number of thiol groups is 1. The summed E-state index contributed by atoms with van der Waals surface area (Å²) in [7, 11) is 0.155. The van der Waals surface area contributed by atoms with Gasteiger partial charge in [-0.3, -0.25) is 10.9 Å². The third-order valence-corrected chi connectivity index (χ3v) is 2.00. The third-order valence-electron chi connectivity index (χ3n) is 1.05. The summed E-state index contributed by atoms with van der Waals surface area (Å²) in [6, 6.07) is 3.97. The van der Waals surface area contributed by atoms with Gasteiger partial charge < -0.3 is 4.42 Å². The maximum absolute atomic E-state index is 5.16. The van der Waals surface area contributed by atoms with Gasteiger partial charge in [0.1, 0.15) is 5.76 Å². The van der Waals surface area contributed by atoms with Gasteiger partial charge in [-0.05, 0) is 24.6 Å². The van der Waals surface area contributed by atoms with Crippen LogP contribution in [0.25, 0.3) is 0 Å². The molecule has 52 valence electrons. The quantitative estimate of drug-likeness (QED) is 0.627. The summed E-state index contributed by atoms with van der Waals surface area (Å²) in [6.07, 6.45) is 6.23. The van der Waals surface area contributed by atoms with Crippen molar-refractivity contribution < 1.29 is 4.42 Å². The van der Waals surface area contributed by atoms with Gasteiger partial charge in [0.05, 0.1) is 6.26 Å². The molecule has 0 atom stereocenters. The highest BCUT2D eigenvalue weighted by molar-refractivity contribution is 8.15. The zero-order valence-corrected chi connectivity index (χ0v) is 6.69. The Morgan fingerprint density at radius 3 is 2.78 bits per heavy atom. The second-order valence-electron chi connectivity index (χ2n) is 2.32. The molecular weight excluding hydrogens is 132 g/mol. The minimum Gasteiger partial charge on any atom is -0.469 e. The summed E-state index contributed by atoms with van der Waals surface area (Å²) in [5.41, 5.74) is 0. The average Bonchev–Trinajstić information content (AvgIpc) is 2.15. The molecule has 0 aliphatic heterocycles. The summed E-state index contributed by atoms with van der Waals surface area (Å²) in [5.74, 6) is 2.23. The van der Waals surface area contributed by atoms with Crippen LogP contribution in [0.5, 0.6) is 0 Å². The highest BCUT2D eigenvalue weighted by atomic mass is 32.2. The van der Waals surface area contributed by atoms with Crippen LogP contribution in [0.1, 0.15) is 5.76 Å². The van der Waals surface area contributed by atoms with E-state index in [0.717, 1.165) is 11.5 Å². The predicted molar refractivity (Wildman–Crippen MR) is 43.2 cm³/mol. The van der Waals surface area contributed by atoms with E-state index in [1.165, 1.54) is 0 Å². The van der Waals surface area contributed by atoms with Crippen LogP contribution in [0.4, 0.5) is 0 Å². The highest BCUT2D eigenvalue weighted by Gasteiger charge is 1.94. The van der Waals surface area contributed by atoms with Crippen molar-refractivity contribution in [3.05, 3.63) is 24.2 Å². The molecule has 0 aromatic carbocycles. The van der Waals surface area contributed by atoms with Crippen LogP contribution < -0.4 is 0 Å². The summed E-state index contributed by atoms with van der Waals surface area (Å²) in [6.45, 7) is 0. The van der Waals surface area contributed by atoms with Crippen molar-refractivity contribution in [2.45, 2.75) is 5.75 Å². The lowest BCUT2D eigenvalue weighted by Gasteiger charge is -2.03. The zero-order valence-electron chi connectivity index (χ0n) is 5.79. The monoisotopic (exact) mass is 144 g/mol. The summed E-state index contributed by atoms with van der Waals surface area (Å²) in [5, 5.41) is 0. The van der Waals surface area contributed by atoms with Crippen LogP contribution in [0, 0.1) is 0 Å². The zero-order chi connectivity index (χ0) is 6.69. The lowest BCUT2D eigenvalue weighted by atomic mass is 10.5. The molecule has 9 heavy (non-hydrogen) atoms. The lowest BCUT2D eigenvalue weighted by Crippen LogP contribution is -1.78. The second kappa shape index (κ2) is 2.97. The summed E-state index contributed by atoms with van der Waals surface area (Å²) >= 11 is 0. The number of furan rings is 1. The van der Waals surface area contributed by atoms with E-state index in [1.54, 1.807) is 6.26 Å². The average molecular weight is 144 g/mol. The molecule has 0 fully saturated rings. The molecule has 0 amide bonds. The van der Waals surface area contributed by atoms with Crippen molar-refractivity contribution in [1.29, 1.82) is 0 Å². The van der Waals surface area contributed by atoms with Crippen molar-refractivity contribution in [2.24, 2.45) is 0 Å². The van der Waals surface area contributed by atoms with Crippen molar-refractivity contribution >= 4 is 10.9 Å². The van der Waals surface area contributed by atoms with Crippen LogP contribution in [0.2, 0.25) is 0 Å². The maximum Gasteiger partial charge on any atom is 0.111 e. The van der Waals surface area contributed by atoms with E-state index in [2.05, 4.69) is 12.5 Å². The molecule has 0 bridgehead atoms. The van der Waals surface area contributed by atoms with E-state index in [1.807, 2.05) is 12.1 Å². The molecule has 1 nitrogen and oxygen atoms in total. The molecule has 0 unspecified atom stereocenters. The van der Waals surface area contributed by atoms with Gasteiger partial charge >= 0.3 is 0 Å². The van der Waals surface area contributed by atoms with Crippen LogP contribution in [-0.4, -0.2) is 12.5 Å². The fourth-order valence-electron chi connectivity index (χ4n) is 0.714. The molecule has 0 aliphatic rings. The van der Waals surface area contributed by atoms with Gasteiger partial charge in [0.2, 0.25) is 0 Å². The van der Waals surface area contributed by atoms with E-state index >= 15 is 0 Å². The van der Waals surface area contributed by atoms with Gasteiger partial charge in [-0.2, -0.15) is 0 Å². The fraction of sp³-hybridized carbons (Fsp3) is 0.429. The van der Waals surface area contributed by atoms with Gasteiger partial charge in [0, 0.05) is 5.75 Å². The molecule has 1 aromatic heterocycles. The second-order valence-corrected chi connectivity index (χ2v) is 4.79. The maximum atomic E-state index is 5.16. The van der Waals surface area contributed by atoms with Gasteiger partial charge in [0.25, 0.3) is 0 Å². The first kappa shape index (κ1) is 6.75. The number of hydrogen-bond acceptors (Lipinski definition) is 1. The Morgan fingerprint density at radius 2 is 2.33 bits per heavy atom. The van der Waals surface area contributed by atoms with Gasteiger partial charge in [0.15, 0.2) is 0 Å². The molecule has 0 N–H and O–H groups in total. The Bertz CT molecular complexity index is 155. The fourth-order valence-corrected chi connectivity index (χ4v) is 1.52. The Morgan fingerprint density at radius 1 is 1.56 bits per heavy atom. The normalized spacial score (nSPS) is 11.6. The summed E-state index contributed by atoms with van der Waals surface area (Å²) in [4.78, 5) is 0. The minimum absolute atomic E-state index is 0.155. The van der Waals surface area contributed by atoms with Crippen LogP contribution in [0.3, 0.4) is 0 Å². The molecule has 2 heteroatoms. The number of rotatable bonds is 2. The van der Waals surface area contributed by atoms with Gasteiger partial charge in [-0.1, -0.05) is 0 Å². The Balaban J connectivity index is 2.48. The van der Waals surface area contributed by atoms with Gasteiger partial charge in [-0.15, -0.1) is 0 Å². The van der Waals surface area contributed by atoms with E-state index in [9.17, 15) is 0 Å². The largest absolute Gasteiger partial charge is 0.469 e. The first-order valence-corrected chi connectivity index (χ1v) is 5.38. The van der Waals surface area contributed by atoms with Crippen molar-refractivity contribution in [1.82, 2.24) is 0 Å². The predicted octanol–water partition coefficient (Wildman–Crippen LogP) is 2.04. The standard InChI is InChI=1S/C7H12OS/c1-9(2)6-7-4-3-5-8-7/h3-5,9H,6H2,1-2H3. The molecule has 1 heterocycles. The molecular formula is C7H12OS. The van der Waals surface area contributed by atoms with E-state index in [-0.39, 0.29) is 10.9 Å². The van der Waals surface area contributed by atoms with Crippen molar-refractivity contribution in [3.8, 4) is 0 Å². The SMILES string of the molecule is C[SH](C)Cc1ccco1. The first-order valence-electron chi connectivity index (χ1n) is 2.96. The highest BCUT2D eigenvalue weighted by Crippen LogP contribution is 2.20. The van der Waals surface area contributed by atoms with Crippen LogP contribution >= 0.6 is 10.9 Å². The van der Waals surface area contributed by atoms with E-state index in [4.69, 9.17) is 4.42 Å². The smallest absolute Gasteiger partial charge is 0.111 e. The molecule has 1 rings (SSSR count). The number of hydrogen-bond donors (Lipinski definition) is 1. The third kappa shape index (κ3) is 2.14. The van der Waals surface area contributed by atoms with Crippen LogP contribution in [-0.2, 0) is 5.75 Å². The molecule has 1 aromatic rings. The molecule has 0 radical (unpaired) electrons. The topological polar surface area (TPSA) is 13.1 Å². The molecule has 0 saturated heterocycles. The van der Waals surface area contributed by atoms with E-state index in [0.29, 0.717) is 0 Å². The van der Waals surface area contributed by atoms with Crippen molar-refractivity contribution in [3.63, 3.8) is 0 Å². The van der Waals surface area contributed by atoms with E-state index < -0.39 is 0 Å². The minimum atomic E-state index is 0.155. The molecule has 0 aliphatic carbocycles. The summed E-state index contributed by atoms with van der Waals surface area (Å²) < 4.78 is 5.16. The van der Waals surface area contributed by atoms with Crippen LogP contribution in [0.15, 0.2) is 22.8 Å². The molecule has 0 spiro atoms.